The number of anilines is 2. The summed E-state index contributed by atoms with van der Waals surface area (Å²) in [4.78, 5) is 19.5. The number of hydrogen-bond donors (Lipinski definition) is 2. The number of halogens is 5. The fourth-order valence-electron chi connectivity index (χ4n) is 2.56. The lowest BCUT2D eigenvalue weighted by atomic mass is 9.85. The van der Waals surface area contributed by atoms with Crippen LogP contribution in [-0.4, -0.2) is 22.4 Å². The van der Waals surface area contributed by atoms with Gasteiger partial charge in [-0.25, -0.2) is 9.97 Å². The fourth-order valence-corrected chi connectivity index (χ4v) is 2.85. The maximum Gasteiger partial charge on any atom is 0.434 e. The van der Waals surface area contributed by atoms with E-state index in [2.05, 4.69) is 20.6 Å². The summed E-state index contributed by atoms with van der Waals surface area (Å²) in [5, 5.41) is 5.68. The van der Waals surface area contributed by atoms with Crippen molar-refractivity contribution in [1.82, 2.24) is 15.3 Å². The van der Waals surface area contributed by atoms with Gasteiger partial charge in [0, 0.05) is 18.4 Å². The van der Waals surface area contributed by atoms with E-state index in [1.807, 2.05) is 0 Å². The first kappa shape index (κ1) is 19.7. The Morgan fingerprint density at radius 2 is 1.96 bits per heavy atom. The minimum atomic E-state index is -4.81. The van der Waals surface area contributed by atoms with Crippen LogP contribution in [0.2, 0.25) is 10.0 Å². The number of alkyl halides is 3. The highest BCUT2D eigenvalue weighted by atomic mass is 35.5. The highest BCUT2D eigenvalue weighted by molar-refractivity contribution is 6.42. The topological polar surface area (TPSA) is 66.9 Å². The number of rotatable bonds is 5. The first-order chi connectivity index (χ1) is 12.7. The number of nitrogens with one attached hydrogen (secondary N) is 2. The Kier molecular flexibility index (Phi) is 5.76. The van der Waals surface area contributed by atoms with Gasteiger partial charge in [0.25, 0.3) is 5.91 Å². The van der Waals surface area contributed by atoms with E-state index >= 15 is 0 Å². The lowest BCUT2D eigenvalue weighted by Crippen LogP contribution is -2.33. The zero-order chi connectivity index (χ0) is 19.6. The highest BCUT2D eigenvalue weighted by Gasteiger charge is 2.38. The molecule has 0 radical (unpaired) electrons. The van der Waals surface area contributed by atoms with Gasteiger partial charge in [-0.2, -0.15) is 13.2 Å². The number of aromatic nitrogens is 2. The van der Waals surface area contributed by atoms with Gasteiger partial charge in [0.1, 0.15) is 0 Å². The molecule has 1 aliphatic carbocycles. The van der Waals surface area contributed by atoms with Gasteiger partial charge in [-0.1, -0.05) is 29.6 Å². The van der Waals surface area contributed by atoms with Crippen molar-refractivity contribution in [3.05, 3.63) is 45.7 Å². The fraction of sp³-hybridized carbons (Fsp3) is 0.353. The van der Waals surface area contributed by atoms with Crippen molar-refractivity contribution in [2.45, 2.75) is 25.4 Å². The summed E-state index contributed by atoms with van der Waals surface area (Å²) in [7, 11) is 0. The van der Waals surface area contributed by atoms with Crippen LogP contribution in [0.25, 0.3) is 0 Å². The Morgan fingerprint density at radius 3 is 2.56 bits per heavy atom. The van der Waals surface area contributed by atoms with Gasteiger partial charge in [0.2, 0.25) is 5.95 Å². The van der Waals surface area contributed by atoms with Crippen molar-refractivity contribution in [1.29, 1.82) is 0 Å². The van der Waals surface area contributed by atoms with Gasteiger partial charge in [-0.3, -0.25) is 4.79 Å². The van der Waals surface area contributed by atoms with E-state index in [-0.39, 0.29) is 11.0 Å². The van der Waals surface area contributed by atoms with Crippen LogP contribution < -0.4 is 10.6 Å². The molecule has 0 saturated heterocycles. The van der Waals surface area contributed by atoms with Gasteiger partial charge in [0.05, 0.1) is 15.6 Å². The molecule has 1 aromatic heterocycles. The second-order valence-corrected chi connectivity index (χ2v) is 7.03. The molecule has 0 unspecified atom stereocenters. The van der Waals surface area contributed by atoms with Gasteiger partial charge >= 0.3 is 6.18 Å². The van der Waals surface area contributed by atoms with Crippen LogP contribution >= 0.6 is 23.2 Å². The van der Waals surface area contributed by atoms with E-state index in [0.717, 1.165) is 25.5 Å². The lowest BCUT2D eigenvalue weighted by molar-refractivity contribution is -0.141. The molecule has 0 aliphatic heterocycles. The number of hydrogen-bond acceptors (Lipinski definition) is 4. The van der Waals surface area contributed by atoms with Crippen molar-refractivity contribution in [2.75, 3.05) is 11.9 Å². The molecule has 1 heterocycles. The largest absolute Gasteiger partial charge is 0.434 e. The molecule has 1 fully saturated rings. The van der Waals surface area contributed by atoms with Crippen molar-refractivity contribution in [3.63, 3.8) is 0 Å². The molecule has 2 N–H and O–H groups in total. The molecule has 1 saturated carbocycles. The van der Waals surface area contributed by atoms with Crippen LogP contribution in [0, 0.1) is 5.92 Å². The van der Waals surface area contributed by atoms with Crippen LogP contribution in [-0.2, 0) is 6.18 Å². The average molecular weight is 419 g/mol. The standard InChI is InChI=1S/C17H15Cl2F3N4O/c18-12-5-4-10(6-13(12)19)25-16-24-8-11(14(26-16)17(20,21)22)15(27)23-7-9-2-1-3-9/h4-6,8-9H,1-3,7H2,(H,23,27)(H,24,25,26). The van der Waals surface area contributed by atoms with Gasteiger partial charge in [-0.05, 0) is 37.0 Å². The molecule has 1 amide bonds. The van der Waals surface area contributed by atoms with Crippen molar-refractivity contribution < 1.29 is 18.0 Å². The van der Waals surface area contributed by atoms with Crippen LogP contribution in [0.3, 0.4) is 0 Å². The second-order valence-electron chi connectivity index (χ2n) is 6.21. The van der Waals surface area contributed by atoms with E-state index in [1.165, 1.54) is 18.2 Å². The number of carbonyl (C=O) groups excluding carboxylic acids is 1. The van der Waals surface area contributed by atoms with Crippen molar-refractivity contribution in [3.8, 4) is 0 Å². The van der Waals surface area contributed by atoms with Crippen molar-refractivity contribution in [2.24, 2.45) is 5.92 Å². The minimum absolute atomic E-state index is 0.227. The quantitative estimate of drug-likeness (QED) is 0.710. The molecule has 0 bridgehead atoms. The van der Waals surface area contributed by atoms with Gasteiger partial charge in [0.15, 0.2) is 5.69 Å². The first-order valence-corrected chi connectivity index (χ1v) is 8.94. The molecule has 27 heavy (non-hydrogen) atoms. The molecular formula is C17H15Cl2F3N4O. The lowest BCUT2D eigenvalue weighted by Gasteiger charge is -2.25. The van der Waals surface area contributed by atoms with E-state index in [4.69, 9.17) is 23.2 Å². The third kappa shape index (κ3) is 4.81. The zero-order valence-corrected chi connectivity index (χ0v) is 15.4. The predicted octanol–water partition coefficient (Wildman–Crippen LogP) is 5.08. The van der Waals surface area contributed by atoms with Crippen LogP contribution in [0.4, 0.5) is 24.8 Å². The number of benzene rings is 1. The Hall–Kier alpha value is -2.06. The normalized spacial score (nSPS) is 14.6. The van der Waals surface area contributed by atoms with E-state index < -0.39 is 23.3 Å². The van der Waals surface area contributed by atoms with E-state index in [0.29, 0.717) is 23.2 Å². The maximum atomic E-state index is 13.4. The average Bonchev–Trinajstić information content (AvgIpc) is 2.56. The predicted molar refractivity (Wildman–Crippen MR) is 96.5 cm³/mol. The minimum Gasteiger partial charge on any atom is -0.352 e. The molecular weight excluding hydrogens is 404 g/mol. The maximum absolute atomic E-state index is 13.4. The third-order valence-electron chi connectivity index (χ3n) is 4.25. The summed E-state index contributed by atoms with van der Waals surface area (Å²) in [5.41, 5.74) is -1.55. The third-order valence-corrected chi connectivity index (χ3v) is 4.99. The molecule has 2 aromatic rings. The Balaban J connectivity index is 1.82. The van der Waals surface area contributed by atoms with Crippen LogP contribution in [0.15, 0.2) is 24.4 Å². The molecule has 10 heteroatoms. The number of amides is 1. The van der Waals surface area contributed by atoms with Gasteiger partial charge < -0.3 is 10.6 Å². The summed E-state index contributed by atoms with van der Waals surface area (Å²) < 4.78 is 40.2. The molecule has 0 spiro atoms. The number of nitrogens with zero attached hydrogens (tertiary/aromatic N) is 2. The van der Waals surface area contributed by atoms with Crippen LogP contribution in [0.1, 0.15) is 35.3 Å². The monoisotopic (exact) mass is 418 g/mol. The van der Waals surface area contributed by atoms with Crippen LogP contribution in [0.5, 0.6) is 0 Å². The Morgan fingerprint density at radius 1 is 1.22 bits per heavy atom. The van der Waals surface area contributed by atoms with Crippen molar-refractivity contribution >= 4 is 40.7 Å². The molecule has 3 rings (SSSR count). The van der Waals surface area contributed by atoms with E-state index in [9.17, 15) is 18.0 Å². The van der Waals surface area contributed by atoms with Gasteiger partial charge in [-0.15, -0.1) is 0 Å². The number of carbonyl (C=O) groups is 1. The van der Waals surface area contributed by atoms with E-state index in [1.54, 1.807) is 0 Å². The second kappa shape index (κ2) is 7.90. The summed E-state index contributed by atoms with van der Waals surface area (Å²) in [6.45, 7) is 0.347. The summed E-state index contributed by atoms with van der Waals surface area (Å²) in [6, 6.07) is 4.43. The molecule has 0 atom stereocenters. The first-order valence-electron chi connectivity index (χ1n) is 8.18. The SMILES string of the molecule is O=C(NCC1CCC1)c1cnc(Nc2ccc(Cl)c(Cl)c2)nc1C(F)(F)F. The Bertz CT molecular complexity index is 857. The Labute approximate surface area is 163 Å². The highest BCUT2D eigenvalue weighted by Crippen LogP contribution is 2.32. The smallest absolute Gasteiger partial charge is 0.352 e. The molecule has 1 aliphatic rings. The molecule has 1 aromatic carbocycles. The zero-order valence-electron chi connectivity index (χ0n) is 13.9. The molecule has 144 valence electrons. The summed E-state index contributed by atoms with van der Waals surface area (Å²) in [5.74, 6) is -0.827. The summed E-state index contributed by atoms with van der Waals surface area (Å²) in [6.07, 6.45) is -0.927. The summed E-state index contributed by atoms with van der Waals surface area (Å²) >= 11 is 11.7. The molecule has 5 nitrogen and oxygen atoms in total.